The molecule has 1 aliphatic heterocycles. The lowest BCUT2D eigenvalue weighted by Crippen LogP contribution is -2.38. The zero-order valence-electron chi connectivity index (χ0n) is 16.0. The lowest BCUT2D eigenvalue weighted by Gasteiger charge is -2.30. The molecule has 1 atom stereocenters. The lowest BCUT2D eigenvalue weighted by atomic mass is 10.1. The fraction of sp³-hybridized carbons (Fsp3) is 0.500. The molecule has 1 fully saturated rings. The monoisotopic (exact) mass is 408 g/mol. The van der Waals surface area contributed by atoms with E-state index in [0.29, 0.717) is 22.8 Å². The number of rotatable bonds is 7. The molecule has 1 saturated heterocycles. The van der Waals surface area contributed by atoms with Gasteiger partial charge in [-0.1, -0.05) is 12.8 Å². The zero-order chi connectivity index (χ0) is 19.3. The van der Waals surface area contributed by atoms with E-state index in [2.05, 4.69) is 26.4 Å². The van der Waals surface area contributed by atoms with Crippen LogP contribution in [0, 0.1) is 6.92 Å². The number of sulfonamides is 1. The molecule has 0 unspecified atom stereocenters. The molecule has 2 aromatic rings. The number of hydrogen-bond donors (Lipinski definition) is 1. The third-order valence-corrected chi connectivity index (χ3v) is 7.43. The molecule has 2 heterocycles. The molecule has 5 nitrogen and oxygen atoms in total. The van der Waals surface area contributed by atoms with Crippen LogP contribution in [0.3, 0.4) is 0 Å². The van der Waals surface area contributed by atoms with Crippen molar-refractivity contribution in [3.8, 4) is 5.75 Å². The number of likely N-dealkylation sites (tertiary alicyclic amines) is 1. The first kappa shape index (κ1) is 20.3. The summed E-state index contributed by atoms with van der Waals surface area (Å²) in [6, 6.07) is 7.23. The molecule has 0 aliphatic carbocycles. The molecule has 0 saturated carbocycles. The van der Waals surface area contributed by atoms with E-state index in [-0.39, 0.29) is 6.04 Å². The molecule has 0 amide bonds. The zero-order valence-corrected chi connectivity index (χ0v) is 17.6. The fourth-order valence-corrected chi connectivity index (χ4v) is 5.62. The third kappa shape index (κ3) is 5.10. The van der Waals surface area contributed by atoms with Crippen LogP contribution in [-0.2, 0) is 10.0 Å². The second kappa shape index (κ2) is 9.19. The minimum absolute atomic E-state index is 0.0719. The molecule has 0 radical (unpaired) electrons. The Morgan fingerprint density at radius 1 is 1.19 bits per heavy atom. The van der Waals surface area contributed by atoms with E-state index < -0.39 is 10.0 Å². The summed E-state index contributed by atoms with van der Waals surface area (Å²) in [6.45, 7) is 4.21. The van der Waals surface area contributed by atoms with Crippen molar-refractivity contribution in [3.05, 3.63) is 46.2 Å². The number of methoxy groups -OCH3 is 1. The van der Waals surface area contributed by atoms with Gasteiger partial charge in [0.2, 0.25) is 10.0 Å². The predicted molar refractivity (Wildman–Crippen MR) is 110 cm³/mol. The summed E-state index contributed by atoms with van der Waals surface area (Å²) in [4.78, 5) is 2.74. The summed E-state index contributed by atoms with van der Waals surface area (Å²) in [5, 5.41) is 4.19. The standard InChI is InChI=1S/C20H28N2O3S2/c1-16-13-18(25-2)7-8-20(16)27(23,24)21-14-19(17-9-12-26-15-17)22-10-5-3-4-6-11-22/h7-9,12-13,15,19,21H,3-6,10-11,14H2,1-2H3/t19-/m1/s1. The van der Waals surface area contributed by atoms with Gasteiger partial charge in [0.1, 0.15) is 5.75 Å². The van der Waals surface area contributed by atoms with Crippen LogP contribution in [0.4, 0.5) is 0 Å². The van der Waals surface area contributed by atoms with Crippen LogP contribution >= 0.6 is 11.3 Å². The van der Waals surface area contributed by atoms with Gasteiger partial charge in [0.25, 0.3) is 0 Å². The van der Waals surface area contributed by atoms with Gasteiger partial charge in [-0.3, -0.25) is 4.90 Å². The van der Waals surface area contributed by atoms with Crippen LogP contribution in [0.15, 0.2) is 39.9 Å². The van der Waals surface area contributed by atoms with E-state index >= 15 is 0 Å². The summed E-state index contributed by atoms with van der Waals surface area (Å²) in [7, 11) is -2.00. The molecule has 1 aromatic carbocycles. The summed E-state index contributed by atoms with van der Waals surface area (Å²) in [5.74, 6) is 0.659. The topological polar surface area (TPSA) is 58.6 Å². The minimum Gasteiger partial charge on any atom is -0.497 e. The Hall–Kier alpha value is -1.41. The third-order valence-electron chi connectivity index (χ3n) is 5.15. The van der Waals surface area contributed by atoms with E-state index in [1.165, 1.54) is 31.2 Å². The van der Waals surface area contributed by atoms with E-state index in [4.69, 9.17) is 4.74 Å². The summed E-state index contributed by atoms with van der Waals surface area (Å²) in [5.41, 5.74) is 1.87. The highest BCUT2D eigenvalue weighted by Gasteiger charge is 2.25. The van der Waals surface area contributed by atoms with E-state index in [1.807, 2.05) is 0 Å². The minimum atomic E-state index is -3.58. The Morgan fingerprint density at radius 3 is 2.52 bits per heavy atom. The van der Waals surface area contributed by atoms with Gasteiger partial charge in [0, 0.05) is 12.6 Å². The fourth-order valence-electron chi connectivity index (χ4n) is 3.65. The number of hydrogen-bond acceptors (Lipinski definition) is 5. The molecule has 0 spiro atoms. The number of aryl methyl sites for hydroxylation is 1. The van der Waals surface area contributed by atoms with Crippen molar-refractivity contribution in [2.45, 2.75) is 43.5 Å². The molecule has 1 N–H and O–H groups in total. The number of thiophene rings is 1. The van der Waals surface area contributed by atoms with Gasteiger partial charge in [-0.2, -0.15) is 11.3 Å². The Balaban J connectivity index is 1.78. The first-order valence-electron chi connectivity index (χ1n) is 9.42. The highest BCUT2D eigenvalue weighted by Crippen LogP contribution is 2.27. The molecular formula is C20H28N2O3S2. The summed E-state index contributed by atoms with van der Waals surface area (Å²) >= 11 is 1.66. The maximum atomic E-state index is 12.9. The summed E-state index contributed by atoms with van der Waals surface area (Å²) < 4.78 is 33.9. The maximum Gasteiger partial charge on any atom is 0.240 e. The quantitative estimate of drug-likeness (QED) is 0.753. The predicted octanol–water partition coefficient (Wildman–Crippen LogP) is 3.96. The van der Waals surface area contributed by atoms with Crippen LogP contribution in [0.5, 0.6) is 5.75 Å². The van der Waals surface area contributed by atoms with Crippen molar-refractivity contribution < 1.29 is 13.2 Å². The van der Waals surface area contributed by atoms with Crippen molar-refractivity contribution in [1.82, 2.24) is 9.62 Å². The Kier molecular flexibility index (Phi) is 6.92. The van der Waals surface area contributed by atoms with E-state index in [9.17, 15) is 8.42 Å². The molecule has 0 bridgehead atoms. The van der Waals surface area contributed by atoms with Gasteiger partial charge >= 0.3 is 0 Å². The van der Waals surface area contributed by atoms with Gasteiger partial charge in [-0.25, -0.2) is 13.1 Å². The van der Waals surface area contributed by atoms with Gasteiger partial charge in [0.05, 0.1) is 12.0 Å². The van der Waals surface area contributed by atoms with Crippen LogP contribution in [0.25, 0.3) is 0 Å². The van der Waals surface area contributed by atoms with Gasteiger partial charge in [-0.15, -0.1) is 0 Å². The van der Waals surface area contributed by atoms with E-state index in [0.717, 1.165) is 13.1 Å². The SMILES string of the molecule is COc1ccc(S(=O)(=O)NC[C@H](c2ccsc2)N2CCCCCC2)c(C)c1. The highest BCUT2D eigenvalue weighted by atomic mass is 32.2. The Labute approximate surface area is 166 Å². The first-order valence-corrected chi connectivity index (χ1v) is 11.8. The van der Waals surface area contributed by atoms with Crippen molar-refractivity contribution in [2.24, 2.45) is 0 Å². The van der Waals surface area contributed by atoms with Crippen molar-refractivity contribution in [2.75, 3.05) is 26.7 Å². The number of nitrogens with zero attached hydrogens (tertiary/aromatic N) is 1. The van der Waals surface area contributed by atoms with Crippen LogP contribution in [0.2, 0.25) is 0 Å². The van der Waals surface area contributed by atoms with Crippen molar-refractivity contribution >= 4 is 21.4 Å². The largest absolute Gasteiger partial charge is 0.497 e. The molecule has 1 aliphatic rings. The average molecular weight is 409 g/mol. The number of nitrogens with one attached hydrogen (secondary N) is 1. The van der Waals surface area contributed by atoms with Crippen molar-refractivity contribution in [1.29, 1.82) is 0 Å². The van der Waals surface area contributed by atoms with Crippen LogP contribution < -0.4 is 9.46 Å². The number of ether oxygens (including phenoxy) is 1. The molecule has 27 heavy (non-hydrogen) atoms. The molecule has 1 aromatic heterocycles. The lowest BCUT2D eigenvalue weighted by molar-refractivity contribution is 0.206. The Morgan fingerprint density at radius 2 is 1.93 bits per heavy atom. The molecule has 7 heteroatoms. The first-order chi connectivity index (χ1) is 13.0. The molecule has 3 rings (SSSR count). The summed E-state index contributed by atoms with van der Waals surface area (Å²) in [6.07, 6.45) is 4.85. The number of benzene rings is 1. The molecule has 148 valence electrons. The molecular weight excluding hydrogens is 380 g/mol. The van der Waals surface area contributed by atoms with Crippen LogP contribution in [-0.4, -0.2) is 40.1 Å². The van der Waals surface area contributed by atoms with E-state index in [1.54, 1.807) is 43.6 Å². The van der Waals surface area contributed by atoms with Crippen molar-refractivity contribution in [3.63, 3.8) is 0 Å². The van der Waals surface area contributed by atoms with Gasteiger partial charge in [-0.05, 0) is 79.0 Å². The average Bonchev–Trinajstić information content (AvgIpc) is 3.04. The Bertz CT molecular complexity index is 827. The second-order valence-electron chi connectivity index (χ2n) is 7.01. The maximum absolute atomic E-state index is 12.9. The van der Waals surface area contributed by atoms with Crippen LogP contribution in [0.1, 0.15) is 42.9 Å². The van der Waals surface area contributed by atoms with Gasteiger partial charge in [0.15, 0.2) is 0 Å². The van der Waals surface area contributed by atoms with Gasteiger partial charge < -0.3 is 4.74 Å². The second-order valence-corrected chi connectivity index (χ2v) is 9.52. The highest BCUT2D eigenvalue weighted by molar-refractivity contribution is 7.89. The normalized spacial score (nSPS) is 17.4. The smallest absolute Gasteiger partial charge is 0.240 e.